The highest BCUT2D eigenvalue weighted by molar-refractivity contribution is 7.81. The Morgan fingerprint density at radius 1 is 1.62 bits per heavy atom. The van der Waals surface area contributed by atoms with E-state index in [4.69, 9.17) is 0 Å². The van der Waals surface area contributed by atoms with Gasteiger partial charge < -0.3 is 4.90 Å². The molecule has 1 saturated heterocycles. The van der Waals surface area contributed by atoms with E-state index in [9.17, 15) is 9.59 Å². The number of ketones is 1. The fourth-order valence-electron chi connectivity index (χ4n) is 1.83. The minimum Gasteiger partial charge on any atom is -0.301 e. The normalized spacial score (nSPS) is 20.6. The van der Waals surface area contributed by atoms with Crippen LogP contribution in [0.3, 0.4) is 0 Å². The van der Waals surface area contributed by atoms with Gasteiger partial charge in [-0.15, -0.1) is 0 Å². The Morgan fingerprint density at radius 3 is 2.81 bits per heavy atom. The molecule has 1 atom stereocenters. The Balaban J connectivity index is 2.41. The van der Waals surface area contributed by atoms with Crippen LogP contribution in [0.5, 0.6) is 0 Å². The molecule has 0 radical (unpaired) electrons. The highest BCUT2D eigenvalue weighted by Gasteiger charge is 2.32. The van der Waals surface area contributed by atoms with Crippen molar-refractivity contribution in [1.82, 2.24) is 4.37 Å². The van der Waals surface area contributed by atoms with E-state index >= 15 is 0 Å². The quantitative estimate of drug-likeness (QED) is 0.647. The lowest BCUT2D eigenvalue weighted by Crippen LogP contribution is -2.25. The average Bonchev–Trinajstić information content (AvgIpc) is 2.69. The van der Waals surface area contributed by atoms with Gasteiger partial charge in [0, 0.05) is 18.2 Å². The molecule has 0 aliphatic carbocycles. The van der Waals surface area contributed by atoms with Gasteiger partial charge in [-0.25, -0.2) is 0 Å². The van der Waals surface area contributed by atoms with Crippen LogP contribution in [-0.4, -0.2) is 27.9 Å². The summed E-state index contributed by atoms with van der Waals surface area (Å²) in [6.45, 7) is 3.85. The van der Waals surface area contributed by atoms with Gasteiger partial charge in [-0.2, -0.15) is 17.0 Å². The Morgan fingerprint density at radius 2 is 2.31 bits per heavy atom. The maximum absolute atomic E-state index is 11.7. The predicted molar refractivity (Wildman–Crippen MR) is 66.6 cm³/mol. The summed E-state index contributed by atoms with van der Waals surface area (Å²) in [5.41, 5.74) is 1.27. The van der Waals surface area contributed by atoms with Crippen LogP contribution >= 0.6 is 24.2 Å². The maximum Gasteiger partial charge on any atom is 0.228 e. The van der Waals surface area contributed by atoms with Crippen molar-refractivity contribution >= 4 is 40.9 Å². The fourth-order valence-corrected chi connectivity index (χ4v) is 3.12. The number of anilines is 1. The molecule has 1 aliphatic heterocycles. The molecule has 86 valence electrons. The van der Waals surface area contributed by atoms with Crippen molar-refractivity contribution in [1.29, 1.82) is 0 Å². The highest BCUT2D eigenvalue weighted by Crippen LogP contribution is 2.33. The van der Waals surface area contributed by atoms with Gasteiger partial charge in [-0.05, 0) is 25.4 Å². The Labute approximate surface area is 103 Å². The molecular weight excluding hydrogens is 244 g/mol. The molecule has 0 saturated carbocycles. The number of aromatic nitrogens is 1. The average molecular weight is 256 g/mol. The lowest BCUT2D eigenvalue weighted by Gasteiger charge is -2.14. The number of thiol groups is 1. The van der Waals surface area contributed by atoms with Crippen molar-refractivity contribution in [3.63, 3.8) is 0 Å². The minimum atomic E-state index is -0.0448. The van der Waals surface area contributed by atoms with Gasteiger partial charge in [0.05, 0.1) is 11.3 Å². The van der Waals surface area contributed by atoms with E-state index in [1.165, 1.54) is 18.5 Å². The van der Waals surface area contributed by atoms with Crippen LogP contribution in [0.1, 0.15) is 29.4 Å². The number of hydrogen-bond donors (Lipinski definition) is 1. The number of carbonyl (C=O) groups is 2. The molecule has 0 bridgehead atoms. The molecule has 2 heterocycles. The van der Waals surface area contributed by atoms with Gasteiger partial charge in [0.2, 0.25) is 5.91 Å². The number of rotatable bonds is 2. The van der Waals surface area contributed by atoms with Crippen LogP contribution in [0.15, 0.2) is 0 Å². The van der Waals surface area contributed by atoms with Crippen LogP contribution in [0.2, 0.25) is 0 Å². The summed E-state index contributed by atoms with van der Waals surface area (Å²) >= 11 is 5.50. The summed E-state index contributed by atoms with van der Waals surface area (Å²) in [6, 6.07) is 0. The van der Waals surface area contributed by atoms with E-state index in [0.717, 1.165) is 0 Å². The molecule has 1 amide bonds. The van der Waals surface area contributed by atoms with E-state index in [2.05, 4.69) is 17.0 Å². The van der Waals surface area contributed by atoms with Gasteiger partial charge in [-0.3, -0.25) is 9.59 Å². The number of amides is 1. The maximum atomic E-state index is 11.7. The van der Waals surface area contributed by atoms with E-state index in [1.807, 2.05) is 0 Å². The second kappa shape index (κ2) is 4.18. The Bertz CT molecular complexity index is 456. The van der Waals surface area contributed by atoms with Crippen LogP contribution in [0.25, 0.3) is 0 Å². The third-order valence-electron chi connectivity index (χ3n) is 2.55. The van der Waals surface area contributed by atoms with E-state index in [1.54, 1.807) is 11.8 Å². The van der Waals surface area contributed by atoms with Gasteiger partial charge in [-0.1, -0.05) is 0 Å². The lowest BCUT2D eigenvalue weighted by molar-refractivity contribution is -0.116. The minimum absolute atomic E-state index is 0.0196. The SMILES string of the molecule is CC(=O)c1c(C)nsc1N1CC(S)CC1=O. The third kappa shape index (κ3) is 1.87. The smallest absolute Gasteiger partial charge is 0.228 e. The van der Waals surface area contributed by atoms with Gasteiger partial charge >= 0.3 is 0 Å². The second-order valence-corrected chi connectivity index (χ2v) is 5.35. The summed E-state index contributed by atoms with van der Waals surface area (Å²) in [7, 11) is 0. The number of nitrogens with zero attached hydrogens (tertiary/aromatic N) is 2. The Kier molecular flexibility index (Phi) is 3.03. The van der Waals surface area contributed by atoms with Crippen molar-refractivity contribution in [2.45, 2.75) is 25.5 Å². The molecule has 6 heteroatoms. The monoisotopic (exact) mass is 256 g/mol. The molecule has 16 heavy (non-hydrogen) atoms. The zero-order chi connectivity index (χ0) is 11.9. The summed E-state index contributed by atoms with van der Waals surface area (Å²) in [5, 5.41) is 0.723. The first-order valence-corrected chi connectivity index (χ1v) is 6.25. The summed E-state index contributed by atoms with van der Waals surface area (Å²) in [6.07, 6.45) is 0.428. The molecule has 0 aromatic carbocycles. The van der Waals surface area contributed by atoms with Crippen molar-refractivity contribution in [3.8, 4) is 0 Å². The molecule has 0 spiro atoms. The van der Waals surface area contributed by atoms with E-state index < -0.39 is 0 Å². The van der Waals surface area contributed by atoms with Gasteiger partial charge in [0.25, 0.3) is 0 Å². The third-order valence-corrected chi connectivity index (χ3v) is 3.86. The van der Waals surface area contributed by atoms with Crippen LogP contribution in [0, 0.1) is 6.92 Å². The molecule has 1 aromatic heterocycles. The zero-order valence-corrected chi connectivity index (χ0v) is 10.8. The van der Waals surface area contributed by atoms with Crippen molar-refractivity contribution in [3.05, 3.63) is 11.3 Å². The topological polar surface area (TPSA) is 50.3 Å². The van der Waals surface area contributed by atoms with Gasteiger partial charge in [0.1, 0.15) is 5.00 Å². The Hall–Kier alpha value is -0.880. The molecule has 1 aliphatic rings. The first kappa shape index (κ1) is 11.6. The standard InChI is InChI=1S/C10H12N2O2S2/c1-5-9(6(2)13)10(16-11-5)12-4-7(15)3-8(12)14/h7,15H,3-4H2,1-2H3. The lowest BCUT2D eigenvalue weighted by atomic mass is 10.2. The first-order chi connectivity index (χ1) is 7.50. The highest BCUT2D eigenvalue weighted by atomic mass is 32.1. The number of Topliss-reactive ketones (excluding diaryl/α,β-unsaturated/α-hetero) is 1. The first-order valence-electron chi connectivity index (χ1n) is 4.96. The number of carbonyl (C=O) groups excluding carboxylic acids is 2. The molecule has 1 unspecified atom stereocenters. The van der Waals surface area contributed by atoms with Crippen molar-refractivity contribution in [2.24, 2.45) is 0 Å². The summed E-state index contributed by atoms with van der Waals surface area (Å²) in [4.78, 5) is 24.8. The second-order valence-electron chi connectivity index (χ2n) is 3.87. The fraction of sp³-hybridized carbons (Fsp3) is 0.500. The molecule has 1 aromatic rings. The molecule has 4 nitrogen and oxygen atoms in total. The summed E-state index contributed by atoms with van der Waals surface area (Å²) < 4.78 is 4.14. The zero-order valence-electron chi connectivity index (χ0n) is 9.06. The van der Waals surface area contributed by atoms with Crippen molar-refractivity contribution < 1.29 is 9.59 Å². The van der Waals surface area contributed by atoms with E-state index in [-0.39, 0.29) is 16.9 Å². The number of aryl methyl sites for hydroxylation is 1. The molecule has 1 fully saturated rings. The van der Waals surface area contributed by atoms with E-state index in [0.29, 0.717) is 29.2 Å². The molecule has 2 rings (SSSR count). The van der Waals surface area contributed by atoms with Crippen LogP contribution in [-0.2, 0) is 4.79 Å². The summed E-state index contributed by atoms with van der Waals surface area (Å²) in [5.74, 6) is -0.0252. The number of hydrogen-bond acceptors (Lipinski definition) is 5. The van der Waals surface area contributed by atoms with Crippen LogP contribution in [0.4, 0.5) is 5.00 Å². The largest absolute Gasteiger partial charge is 0.301 e. The molecule has 0 N–H and O–H groups in total. The molecular formula is C10H12N2O2S2. The predicted octanol–water partition coefficient (Wildman–Crippen LogP) is 1.69. The van der Waals surface area contributed by atoms with Crippen LogP contribution < -0.4 is 4.90 Å². The van der Waals surface area contributed by atoms with Gasteiger partial charge in [0.15, 0.2) is 5.78 Å². The van der Waals surface area contributed by atoms with Crippen molar-refractivity contribution in [2.75, 3.05) is 11.4 Å².